The van der Waals surface area contributed by atoms with E-state index >= 15 is 0 Å². The molecule has 0 fully saturated rings. The normalized spacial score (nSPS) is 11.2. The average molecular weight is 307 g/mol. The van der Waals surface area contributed by atoms with Gasteiger partial charge in [-0.2, -0.15) is 10.2 Å². The van der Waals surface area contributed by atoms with Crippen LogP contribution in [0.5, 0.6) is 0 Å². The van der Waals surface area contributed by atoms with Crippen molar-refractivity contribution in [2.24, 2.45) is 0 Å². The van der Waals surface area contributed by atoms with Gasteiger partial charge in [0.2, 0.25) is 0 Å². The Hall–Kier alpha value is -1.66. The Morgan fingerprint density at radius 3 is 2.83 bits per heavy atom. The molecule has 0 aliphatic heterocycles. The van der Waals surface area contributed by atoms with Gasteiger partial charge in [-0.3, -0.25) is 4.68 Å². The molecule has 3 aromatic heterocycles. The van der Waals surface area contributed by atoms with Crippen molar-refractivity contribution in [3.63, 3.8) is 0 Å². The first kappa shape index (κ1) is 11.4. The first-order valence-corrected chi connectivity index (χ1v) is 6.34. The molecule has 5 nitrogen and oxygen atoms in total. The second kappa shape index (κ2) is 4.55. The fourth-order valence-electron chi connectivity index (χ4n) is 1.86. The van der Waals surface area contributed by atoms with Crippen LogP contribution >= 0.6 is 15.9 Å². The molecule has 0 aliphatic carbocycles. The number of hydrogen-bond acceptors (Lipinski definition) is 3. The summed E-state index contributed by atoms with van der Waals surface area (Å²) in [6, 6.07) is 4.04. The number of pyridine rings is 1. The summed E-state index contributed by atoms with van der Waals surface area (Å²) < 4.78 is 4.52. The molecule has 0 saturated carbocycles. The Morgan fingerprint density at radius 1 is 1.11 bits per heavy atom. The molecule has 0 bridgehead atoms. The van der Waals surface area contributed by atoms with Crippen LogP contribution in [0.3, 0.4) is 0 Å². The summed E-state index contributed by atoms with van der Waals surface area (Å²) in [6.45, 7) is 0.599. The molecule has 3 aromatic rings. The van der Waals surface area contributed by atoms with Crippen LogP contribution in [0.2, 0.25) is 0 Å². The standard InChI is InChI=1S/C12H11BrN4O/c13-11-6-15-17-8-9(1-2-12(11)17)10-5-14-16(7-10)3-4-18/h1-2,5-8,18H,3-4H2. The maximum absolute atomic E-state index is 8.86. The zero-order valence-corrected chi connectivity index (χ0v) is 11.1. The van der Waals surface area contributed by atoms with E-state index in [1.165, 1.54) is 0 Å². The maximum atomic E-state index is 8.86. The minimum absolute atomic E-state index is 0.0895. The summed E-state index contributed by atoms with van der Waals surface area (Å²) in [5.74, 6) is 0. The van der Waals surface area contributed by atoms with Gasteiger partial charge < -0.3 is 5.11 Å². The molecule has 0 unspecified atom stereocenters. The second-order valence-electron chi connectivity index (χ2n) is 3.96. The summed E-state index contributed by atoms with van der Waals surface area (Å²) >= 11 is 3.44. The van der Waals surface area contributed by atoms with Crippen LogP contribution in [0.4, 0.5) is 0 Å². The van der Waals surface area contributed by atoms with Crippen LogP contribution in [0.1, 0.15) is 0 Å². The van der Waals surface area contributed by atoms with E-state index in [2.05, 4.69) is 26.1 Å². The highest BCUT2D eigenvalue weighted by Gasteiger charge is 2.05. The minimum Gasteiger partial charge on any atom is -0.394 e. The summed E-state index contributed by atoms with van der Waals surface area (Å²) in [5, 5.41) is 17.3. The van der Waals surface area contributed by atoms with Crippen molar-refractivity contribution < 1.29 is 5.11 Å². The van der Waals surface area contributed by atoms with Crippen LogP contribution in [0.25, 0.3) is 16.6 Å². The van der Waals surface area contributed by atoms with Crippen LogP contribution in [-0.2, 0) is 6.54 Å². The number of rotatable bonds is 3. The summed E-state index contributed by atoms with van der Waals surface area (Å²) in [7, 11) is 0. The highest BCUT2D eigenvalue weighted by atomic mass is 79.9. The number of hydrogen-bond donors (Lipinski definition) is 1. The van der Waals surface area contributed by atoms with Gasteiger partial charge in [0.25, 0.3) is 0 Å². The Bertz CT molecular complexity index is 688. The minimum atomic E-state index is 0.0895. The van der Waals surface area contributed by atoms with E-state index in [-0.39, 0.29) is 6.61 Å². The molecule has 92 valence electrons. The monoisotopic (exact) mass is 306 g/mol. The van der Waals surface area contributed by atoms with Gasteiger partial charge in [-0.15, -0.1) is 0 Å². The van der Waals surface area contributed by atoms with Crippen molar-refractivity contribution in [1.29, 1.82) is 0 Å². The first-order valence-electron chi connectivity index (χ1n) is 5.54. The third-order valence-corrected chi connectivity index (χ3v) is 3.38. The number of nitrogens with zero attached hydrogens (tertiary/aromatic N) is 4. The molecule has 6 heteroatoms. The summed E-state index contributed by atoms with van der Waals surface area (Å²) in [5.41, 5.74) is 3.08. The first-order chi connectivity index (χ1) is 8.78. The third-order valence-electron chi connectivity index (χ3n) is 2.76. The summed E-state index contributed by atoms with van der Waals surface area (Å²) in [6.07, 6.45) is 7.43. The lowest BCUT2D eigenvalue weighted by Crippen LogP contribution is -2.01. The van der Waals surface area contributed by atoms with Crippen LogP contribution in [0.15, 0.2) is 41.4 Å². The lowest BCUT2D eigenvalue weighted by atomic mass is 10.1. The van der Waals surface area contributed by atoms with Crippen molar-refractivity contribution in [2.75, 3.05) is 6.61 Å². The molecule has 0 aromatic carbocycles. The van der Waals surface area contributed by atoms with E-state index in [0.717, 1.165) is 21.1 Å². The largest absolute Gasteiger partial charge is 0.394 e. The zero-order valence-electron chi connectivity index (χ0n) is 9.49. The molecular formula is C12H11BrN4O. The number of halogens is 1. The van der Waals surface area contributed by atoms with Gasteiger partial charge in [-0.1, -0.05) is 6.07 Å². The predicted molar refractivity (Wildman–Crippen MR) is 71.2 cm³/mol. The Kier molecular flexibility index (Phi) is 2.89. The van der Waals surface area contributed by atoms with Crippen LogP contribution in [-0.4, -0.2) is 31.1 Å². The topological polar surface area (TPSA) is 55.3 Å². The predicted octanol–water partition coefficient (Wildman–Crippen LogP) is 1.95. The fourth-order valence-corrected chi connectivity index (χ4v) is 2.27. The van der Waals surface area contributed by atoms with Crippen molar-refractivity contribution >= 4 is 21.4 Å². The number of aliphatic hydroxyl groups is 1. The van der Waals surface area contributed by atoms with Gasteiger partial charge in [0.05, 0.1) is 35.5 Å². The molecule has 3 heterocycles. The quantitative estimate of drug-likeness (QED) is 0.805. The Labute approximate surface area is 112 Å². The molecule has 0 radical (unpaired) electrons. The lowest BCUT2D eigenvalue weighted by molar-refractivity contribution is 0.269. The van der Waals surface area contributed by atoms with E-state index in [4.69, 9.17) is 5.11 Å². The Morgan fingerprint density at radius 2 is 2.00 bits per heavy atom. The average Bonchev–Trinajstić information content (AvgIpc) is 2.97. The lowest BCUT2D eigenvalue weighted by Gasteiger charge is -1.99. The number of aromatic nitrogens is 4. The molecule has 1 N–H and O–H groups in total. The highest BCUT2D eigenvalue weighted by molar-refractivity contribution is 9.10. The molecule has 0 aliphatic rings. The fraction of sp³-hybridized carbons (Fsp3) is 0.167. The molecule has 0 spiro atoms. The molecule has 0 amide bonds. The second-order valence-corrected chi connectivity index (χ2v) is 4.81. The molecule has 18 heavy (non-hydrogen) atoms. The van der Waals surface area contributed by atoms with Crippen molar-refractivity contribution in [2.45, 2.75) is 6.54 Å². The molecular weight excluding hydrogens is 296 g/mol. The van der Waals surface area contributed by atoms with Crippen molar-refractivity contribution in [3.05, 3.63) is 41.4 Å². The zero-order chi connectivity index (χ0) is 12.5. The number of aliphatic hydroxyl groups excluding tert-OH is 1. The highest BCUT2D eigenvalue weighted by Crippen LogP contribution is 2.23. The molecule has 0 atom stereocenters. The van der Waals surface area contributed by atoms with E-state index in [0.29, 0.717) is 6.54 Å². The SMILES string of the molecule is OCCn1cc(-c2ccc3c(Br)cnn3c2)cn1. The van der Waals surface area contributed by atoms with E-state index < -0.39 is 0 Å². The number of fused-ring (bicyclic) bond motifs is 1. The maximum Gasteiger partial charge on any atom is 0.0804 e. The smallest absolute Gasteiger partial charge is 0.0804 e. The van der Waals surface area contributed by atoms with Crippen LogP contribution in [0, 0.1) is 0 Å². The van der Waals surface area contributed by atoms with Gasteiger partial charge in [0.15, 0.2) is 0 Å². The molecule has 3 rings (SSSR count). The molecule has 0 saturated heterocycles. The van der Waals surface area contributed by atoms with Gasteiger partial charge >= 0.3 is 0 Å². The summed E-state index contributed by atoms with van der Waals surface area (Å²) in [4.78, 5) is 0. The van der Waals surface area contributed by atoms with Crippen molar-refractivity contribution in [3.8, 4) is 11.1 Å². The van der Waals surface area contributed by atoms with Gasteiger partial charge in [-0.25, -0.2) is 4.52 Å². The van der Waals surface area contributed by atoms with Gasteiger partial charge in [-0.05, 0) is 22.0 Å². The van der Waals surface area contributed by atoms with Crippen molar-refractivity contribution in [1.82, 2.24) is 19.4 Å². The van der Waals surface area contributed by atoms with E-state index in [1.54, 1.807) is 17.1 Å². The van der Waals surface area contributed by atoms with Crippen LogP contribution < -0.4 is 0 Å². The van der Waals surface area contributed by atoms with Gasteiger partial charge in [0, 0.05) is 23.5 Å². The van der Waals surface area contributed by atoms with E-state index in [9.17, 15) is 0 Å². The van der Waals surface area contributed by atoms with E-state index in [1.807, 2.05) is 29.0 Å². The third kappa shape index (κ3) is 1.93. The van der Waals surface area contributed by atoms with Gasteiger partial charge in [0.1, 0.15) is 0 Å². The Balaban J connectivity index is 2.02.